The molecule has 22 heavy (non-hydrogen) atoms. The van der Waals surface area contributed by atoms with Crippen LogP contribution in [0.1, 0.15) is 37.7 Å². The van der Waals surface area contributed by atoms with E-state index in [2.05, 4.69) is 29.6 Å². The molecule has 4 aliphatic carbocycles. The van der Waals surface area contributed by atoms with E-state index in [4.69, 9.17) is 0 Å². The average Bonchev–Trinajstić information content (AvgIpc) is 2.94. The zero-order valence-corrected chi connectivity index (χ0v) is 13.6. The molecular weight excluding hydrogens is 290 g/mol. The zero-order valence-electron chi connectivity index (χ0n) is 12.8. The van der Waals surface area contributed by atoms with Crippen LogP contribution in [-0.4, -0.2) is 17.2 Å². The minimum absolute atomic E-state index is 0.0922. The lowest BCUT2D eigenvalue weighted by Crippen LogP contribution is -2.57. The Bertz CT molecular complexity index is 560. The van der Waals surface area contributed by atoms with Gasteiger partial charge < -0.3 is 5.32 Å². The van der Waals surface area contributed by atoms with E-state index in [9.17, 15) is 4.79 Å². The molecule has 1 heterocycles. The number of hydrogen-bond donors (Lipinski definition) is 1. The molecule has 1 unspecified atom stereocenters. The summed E-state index contributed by atoms with van der Waals surface area (Å²) in [5.74, 6) is 3.78. The van der Waals surface area contributed by atoms with Crippen molar-refractivity contribution in [2.24, 2.45) is 23.7 Å². The molecule has 116 valence electrons. The molecule has 1 atom stereocenters. The predicted octanol–water partition coefficient (Wildman–Crippen LogP) is 3.64. The van der Waals surface area contributed by atoms with E-state index in [0.717, 1.165) is 30.1 Å². The molecule has 1 aromatic carbocycles. The summed E-state index contributed by atoms with van der Waals surface area (Å²) >= 11 is 1.76. The van der Waals surface area contributed by atoms with Gasteiger partial charge in [0.15, 0.2) is 0 Å². The van der Waals surface area contributed by atoms with E-state index in [-0.39, 0.29) is 5.25 Å². The number of thioether (sulfide) groups is 1. The van der Waals surface area contributed by atoms with Crippen LogP contribution >= 0.6 is 11.8 Å². The molecule has 1 aromatic rings. The minimum Gasteiger partial charge on any atom is -0.352 e. The summed E-state index contributed by atoms with van der Waals surface area (Å²) in [5, 5.41) is 3.57. The van der Waals surface area contributed by atoms with Crippen LogP contribution in [0.4, 0.5) is 0 Å². The smallest absolute Gasteiger partial charge is 0.234 e. The lowest BCUT2D eigenvalue weighted by Gasteiger charge is -2.54. The monoisotopic (exact) mass is 313 g/mol. The number of amides is 1. The van der Waals surface area contributed by atoms with Crippen LogP contribution in [0.25, 0.3) is 0 Å². The van der Waals surface area contributed by atoms with Crippen LogP contribution in [0.5, 0.6) is 0 Å². The van der Waals surface area contributed by atoms with Crippen LogP contribution in [0.15, 0.2) is 29.2 Å². The van der Waals surface area contributed by atoms with Crippen molar-refractivity contribution in [2.45, 2.75) is 54.7 Å². The van der Waals surface area contributed by atoms with Crippen LogP contribution in [0.3, 0.4) is 0 Å². The molecule has 4 bridgehead atoms. The second-order valence-electron chi connectivity index (χ2n) is 7.88. The molecule has 4 saturated carbocycles. The fraction of sp³-hybridized carbons (Fsp3) is 0.632. The second kappa shape index (κ2) is 5.02. The standard InChI is InChI=1S/C19H23NOS/c21-19(17-10-13-3-1-2-4-16(13)22-17)20-18-14-6-11-5-12(8-14)9-15(18)7-11/h1-4,11-12,14-15,17-18H,5-10H2,(H,20,21). The van der Waals surface area contributed by atoms with Crippen molar-refractivity contribution in [1.29, 1.82) is 0 Å². The first kappa shape index (κ1) is 13.5. The summed E-state index contributed by atoms with van der Waals surface area (Å²) in [6.45, 7) is 0. The second-order valence-corrected chi connectivity index (χ2v) is 9.13. The van der Waals surface area contributed by atoms with Crippen molar-refractivity contribution in [2.75, 3.05) is 0 Å². The Morgan fingerprint density at radius 1 is 1.00 bits per heavy atom. The number of carbonyl (C=O) groups is 1. The summed E-state index contributed by atoms with van der Waals surface area (Å²) in [6.07, 6.45) is 7.86. The predicted molar refractivity (Wildman–Crippen MR) is 88.8 cm³/mol. The van der Waals surface area contributed by atoms with E-state index in [1.54, 1.807) is 11.8 Å². The highest BCUT2D eigenvalue weighted by Gasteiger charge is 2.49. The first-order valence-electron chi connectivity index (χ1n) is 8.81. The highest BCUT2D eigenvalue weighted by atomic mass is 32.2. The summed E-state index contributed by atoms with van der Waals surface area (Å²) in [5.41, 5.74) is 1.35. The molecule has 1 amide bonds. The molecule has 3 heteroatoms. The van der Waals surface area contributed by atoms with E-state index in [1.165, 1.54) is 42.6 Å². The molecule has 0 spiro atoms. The molecule has 1 aliphatic heterocycles. The highest BCUT2D eigenvalue weighted by Crippen LogP contribution is 2.53. The molecule has 0 aromatic heterocycles. The number of hydrogen-bond acceptors (Lipinski definition) is 2. The Morgan fingerprint density at radius 2 is 1.68 bits per heavy atom. The van der Waals surface area contributed by atoms with Crippen LogP contribution in [0, 0.1) is 23.7 Å². The summed E-state index contributed by atoms with van der Waals surface area (Å²) in [6, 6.07) is 8.94. The zero-order chi connectivity index (χ0) is 14.7. The van der Waals surface area contributed by atoms with Gasteiger partial charge in [-0.15, -0.1) is 11.8 Å². The maximum Gasteiger partial charge on any atom is 0.234 e. The first-order chi connectivity index (χ1) is 10.8. The van der Waals surface area contributed by atoms with Crippen molar-refractivity contribution in [1.82, 2.24) is 5.32 Å². The van der Waals surface area contributed by atoms with Gasteiger partial charge in [-0.05, 0) is 73.8 Å². The lowest BCUT2D eigenvalue weighted by molar-refractivity contribution is -0.124. The van der Waals surface area contributed by atoms with Crippen molar-refractivity contribution in [3.8, 4) is 0 Å². The van der Waals surface area contributed by atoms with E-state index >= 15 is 0 Å². The maximum atomic E-state index is 12.8. The number of carbonyl (C=O) groups excluding carboxylic acids is 1. The van der Waals surface area contributed by atoms with Gasteiger partial charge in [0.25, 0.3) is 0 Å². The topological polar surface area (TPSA) is 29.1 Å². The molecule has 4 fully saturated rings. The lowest BCUT2D eigenvalue weighted by atomic mass is 9.54. The number of nitrogens with one attached hydrogen (secondary N) is 1. The van der Waals surface area contributed by atoms with Gasteiger partial charge in [-0.2, -0.15) is 0 Å². The molecule has 1 N–H and O–H groups in total. The fourth-order valence-corrected chi connectivity index (χ4v) is 6.95. The molecule has 6 rings (SSSR count). The molecule has 0 saturated heterocycles. The molecule has 5 aliphatic rings. The van der Waals surface area contributed by atoms with Gasteiger partial charge in [0.05, 0.1) is 5.25 Å². The van der Waals surface area contributed by atoms with Gasteiger partial charge in [0.2, 0.25) is 5.91 Å². The van der Waals surface area contributed by atoms with Gasteiger partial charge in [0.1, 0.15) is 0 Å². The van der Waals surface area contributed by atoms with Crippen molar-refractivity contribution < 1.29 is 4.79 Å². The van der Waals surface area contributed by atoms with Crippen LogP contribution in [0.2, 0.25) is 0 Å². The Kier molecular flexibility index (Phi) is 3.08. The van der Waals surface area contributed by atoms with Crippen molar-refractivity contribution >= 4 is 17.7 Å². The van der Waals surface area contributed by atoms with Gasteiger partial charge in [-0.1, -0.05) is 18.2 Å². The largest absolute Gasteiger partial charge is 0.352 e. The summed E-state index contributed by atoms with van der Waals surface area (Å²) in [7, 11) is 0. The first-order valence-corrected chi connectivity index (χ1v) is 9.69. The molecule has 0 radical (unpaired) electrons. The Labute approximate surface area is 136 Å². The normalized spacial score (nSPS) is 41.5. The third-order valence-corrected chi connectivity index (χ3v) is 7.79. The van der Waals surface area contributed by atoms with Crippen molar-refractivity contribution in [3.63, 3.8) is 0 Å². The van der Waals surface area contributed by atoms with Crippen LogP contribution in [-0.2, 0) is 11.2 Å². The van der Waals surface area contributed by atoms with E-state index < -0.39 is 0 Å². The van der Waals surface area contributed by atoms with Crippen LogP contribution < -0.4 is 5.32 Å². The third-order valence-electron chi connectivity index (χ3n) is 6.48. The third kappa shape index (κ3) is 2.12. The summed E-state index contributed by atoms with van der Waals surface area (Å²) < 4.78 is 0. The number of rotatable bonds is 2. The van der Waals surface area contributed by atoms with Crippen molar-refractivity contribution in [3.05, 3.63) is 29.8 Å². The molecular formula is C19H23NOS. The molecule has 2 nitrogen and oxygen atoms in total. The van der Waals surface area contributed by atoms with E-state index in [0.29, 0.717) is 11.9 Å². The van der Waals surface area contributed by atoms with Gasteiger partial charge in [-0.3, -0.25) is 4.79 Å². The maximum absolute atomic E-state index is 12.8. The van der Waals surface area contributed by atoms with Gasteiger partial charge in [-0.25, -0.2) is 0 Å². The van der Waals surface area contributed by atoms with Gasteiger partial charge >= 0.3 is 0 Å². The minimum atomic E-state index is 0.0922. The Hall–Kier alpha value is -0.960. The average molecular weight is 313 g/mol. The quantitative estimate of drug-likeness (QED) is 0.903. The highest BCUT2D eigenvalue weighted by molar-refractivity contribution is 8.01. The summed E-state index contributed by atoms with van der Waals surface area (Å²) in [4.78, 5) is 14.1. The van der Waals surface area contributed by atoms with Gasteiger partial charge in [0, 0.05) is 10.9 Å². The van der Waals surface area contributed by atoms with E-state index in [1.807, 2.05) is 0 Å². The SMILES string of the molecule is O=C(NC1C2CC3CC(C2)CC1C3)C1Cc2ccccc2S1. The Morgan fingerprint density at radius 3 is 2.36 bits per heavy atom. The number of benzene rings is 1. The fourth-order valence-electron chi connectivity index (χ4n) is 5.75. The Balaban J connectivity index is 1.28. The number of fused-ring (bicyclic) bond motifs is 1.